The Morgan fingerprint density at radius 2 is 2.05 bits per heavy atom. The molecule has 1 N–H and O–H groups in total. The molecule has 3 aliphatic heterocycles. The van der Waals surface area contributed by atoms with Gasteiger partial charge in [-0.3, -0.25) is 4.99 Å². The molecule has 5 nitrogen and oxygen atoms in total. The van der Waals surface area contributed by atoms with E-state index in [1.165, 1.54) is 25.7 Å². The summed E-state index contributed by atoms with van der Waals surface area (Å²) < 4.78 is 11.0. The number of nitrogens with zero attached hydrogens (tertiary/aromatic N) is 2. The Kier molecular flexibility index (Phi) is 6.55. The lowest BCUT2D eigenvalue weighted by Crippen LogP contribution is -2.43. The largest absolute Gasteiger partial charge is 0.381 e. The molecule has 6 heteroatoms. The van der Waals surface area contributed by atoms with E-state index in [1.807, 2.05) is 7.05 Å². The van der Waals surface area contributed by atoms with Crippen LogP contribution in [0.25, 0.3) is 0 Å². The highest BCUT2D eigenvalue weighted by Gasteiger charge is 2.42. The molecule has 0 bridgehead atoms. The van der Waals surface area contributed by atoms with Gasteiger partial charge in [0.1, 0.15) is 0 Å². The molecule has 3 aliphatic rings. The zero-order valence-corrected chi connectivity index (χ0v) is 15.3. The van der Waals surface area contributed by atoms with E-state index in [1.54, 1.807) is 0 Å². The van der Waals surface area contributed by atoms with E-state index in [0.29, 0.717) is 5.41 Å². The van der Waals surface area contributed by atoms with Crippen molar-refractivity contribution in [3.63, 3.8) is 0 Å². The highest BCUT2D eigenvalue weighted by Crippen LogP contribution is 2.38. The van der Waals surface area contributed by atoms with E-state index in [2.05, 4.69) is 15.2 Å². The Morgan fingerprint density at radius 3 is 2.71 bits per heavy atom. The van der Waals surface area contributed by atoms with Crippen LogP contribution in [-0.2, 0) is 9.47 Å². The number of ether oxygens (including phenoxy) is 2. The number of hydrogen-bond acceptors (Lipinski definition) is 3. The summed E-state index contributed by atoms with van der Waals surface area (Å²) in [4.78, 5) is 6.88. The monoisotopic (exact) mass is 409 g/mol. The van der Waals surface area contributed by atoms with E-state index in [4.69, 9.17) is 9.47 Å². The van der Waals surface area contributed by atoms with Gasteiger partial charge in [-0.1, -0.05) is 0 Å². The summed E-state index contributed by atoms with van der Waals surface area (Å²) in [5.74, 6) is 1.80. The second-order valence-corrected chi connectivity index (χ2v) is 6.46. The number of rotatable bonds is 2. The first-order valence-electron chi connectivity index (χ1n) is 7.92. The fourth-order valence-electron chi connectivity index (χ4n) is 3.61. The van der Waals surface area contributed by atoms with Gasteiger partial charge in [-0.25, -0.2) is 0 Å². The molecule has 1 spiro atoms. The van der Waals surface area contributed by atoms with Crippen LogP contribution in [-0.4, -0.2) is 64.0 Å². The number of likely N-dealkylation sites (tertiary alicyclic amines) is 1. The summed E-state index contributed by atoms with van der Waals surface area (Å²) in [6.07, 6.45) is 4.79. The van der Waals surface area contributed by atoms with Gasteiger partial charge in [-0.15, -0.1) is 24.0 Å². The van der Waals surface area contributed by atoms with Crippen molar-refractivity contribution >= 4 is 29.9 Å². The maximum absolute atomic E-state index is 5.60. The summed E-state index contributed by atoms with van der Waals surface area (Å²) in [7, 11) is 1.89. The van der Waals surface area contributed by atoms with Gasteiger partial charge < -0.3 is 19.7 Å². The second-order valence-electron chi connectivity index (χ2n) is 6.46. The maximum Gasteiger partial charge on any atom is 0.193 e. The number of guanidine groups is 1. The quantitative estimate of drug-likeness (QED) is 0.429. The van der Waals surface area contributed by atoms with Crippen LogP contribution in [0.5, 0.6) is 0 Å². The van der Waals surface area contributed by atoms with Crippen molar-refractivity contribution in [2.45, 2.75) is 25.7 Å². The van der Waals surface area contributed by atoms with Crippen molar-refractivity contribution in [3.8, 4) is 0 Å². The topological polar surface area (TPSA) is 46.1 Å². The Bertz CT molecular complexity index is 353. The molecular weight excluding hydrogens is 381 g/mol. The van der Waals surface area contributed by atoms with Gasteiger partial charge in [0.25, 0.3) is 0 Å². The lowest BCUT2D eigenvalue weighted by molar-refractivity contribution is 0.0673. The highest BCUT2D eigenvalue weighted by molar-refractivity contribution is 14.0. The van der Waals surface area contributed by atoms with Crippen molar-refractivity contribution < 1.29 is 9.47 Å². The molecule has 0 aliphatic carbocycles. The van der Waals surface area contributed by atoms with Crippen LogP contribution in [0.1, 0.15) is 25.7 Å². The highest BCUT2D eigenvalue weighted by atomic mass is 127. The van der Waals surface area contributed by atoms with Gasteiger partial charge >= 0.3 is 0 Å². The molecule has 0 aromatic carbocycles. The normalized spacial score (nSPS) is 30.7. The minimum atomic E-state index is 0. The average molecular weight is 409 g/mol. The van der Waals surface area contributed by atoms with Gasteiger partial charge in [0.2, 0.25) is 0 Å². The van der Waals surface area contributed by atoms with Crippen LogP contribution in [0.4, 0.5) is 0 Å². The minimum Gasteiger partial charge on any atom is -0.381 e. The van der Waals surface area contributed by atoms with Crippen LogP contribution in [0.3, 0.4) is 0 Å². The van der Waals surface area contributed by atoms with Crippen LogP contribution in [0.15, 0.2) is 4.99 Å². The molecule has 1 atom stereocenters. The molecule has 0 aromatic rings. The van der Waals surface area contributed by atoms with Gasteiger partial charge in [-0.2, -0.15) is 0 Å². The molecule has 0 radical (unpaired) electrons. The Balaban J connectivity index is 0.00000161. The molecule has 0 saturated carbocycles. The molecule has 1 unspecified atom stereocenters. The number of aliphatic imine (C=N–C) groups is 1. The van der Waals surface area contributed by atoms with Crippen molar-refractivity contribution in [2.75, 3.05) is 53.1 Å². The van der Waals surface area contributed by atoms with E-state index in [9.17, 15) is 0 Å². The average Bonchev–Trinajstić information content (AvgIpc) is 3.12. The molecule has 3 saturated heterocycles. The molecule has 122 valence electrons. The summed E-state index contributed by atoms with van der Waals surface area (Å²) in [5.41, 5.74) is 0.399. The predicted molar refractivity (Wildman–Crippen MR) is 94.4 cm³/mol. The van der Waals surface area contributed by atoms with Crippen molar-refractivity contribution in [1.82, 2.24) is 10.2 Å². The third kappa shape index (κ3) is 4.22. The lowest BCUT2D eigenvalue weighted by atomic mass is 9.87. The number of hydrogen-bond donors (Lipinski definition) is 1. The summed E-state index contributed by atoms with van der Waals surface area (Å²) in [6, 6.07) is 0. The summed E-state index contributed by atoms with van der Waals surface area (Å²) in [6.45, 7) is 6.92. The van der Waals surface area contributed by atoms with E-state index in [0.717, 1.165) is 57.9 Å². The van der Waals surface area contributed by atoms with E-state index in [-0.39, 0.29) is 24.0 Å². The molecule has 21 heavy (non-hydrogen) atoms. The van der Waals surface area contributed by atoms with Crippen LogP contribution in [0, 0.1) is 11.3 Å². The minimum absolute atomic E-state index is 0. The SMILES string of the molecule is CN=C(NCC1CCOCC1)N1CCC2(CCOC2)C1.I. The zero-order chi connectivity index (χ0) is 13.8. The van der Waals surface area contributed by atoms with Gasteiger partial charge in [0.15, 0.2) is 5.96 Å². The van der Waals surface area contributed by atoms with Crippen LogP contribution in [0.2, 0.25) is 0 Å². The standard InChI is InChI=1S/C15H27N3O2.HI/c1-16-14(17-10-13-2-7-19-8-3-13)18-6-4-15(11-18)5-9-20-12-15;/h13H,2-12H2,1H3,(H,16,17);1H. The predicted octanol–water partition coefficient (Wildman–Crippen LogP) is 1.72. The zero-order valence-electron chi connectivity index (χ0n) is 13.0. The fraction of sp³-hybridized carbons (Fsp3) is 0.933. The Morgan fingerprint density at radius 1 is 1.24 bits per heavy atom. The van der Waals surface area contributed by atoms with E-state index < -0.39 is 0 Å². The first-order chi connectivity index (χ1) is 9.81. The molecule has 3 fully saturated rings. The molecular formula is C15H28IN3O2. The lowest BCUT2D eigenvalue weighted by Gasteiger charge is -2.27. The van der Waals surface area contributed by atoms with Crippen LogP contribution >= 0.6 is 24.0 Å². The Hall–Kier alpha value is -0.0800. The van der Waals surface area contributed by atoms with E-state index >= 15 is 0 Å². The molecule has 3 heterocycles. The van der Waals surface area contributed by atoms with Gasteiger partial charge in [0, 0.05) is 51.9 Å². The van der Waals surface area contributed by atoms with Gasteiger partial charge in [0.05, 0.1) is 6.61 Å². The number of halogens is 1. The first-order valence-corrected chi connectivity index (χ1v) is 7.92. The number of nitrogens with one attached hydrogen (secondary N) is 1. The fourth-order valence-corrected chi connectivity index (χ4v) is 3.61. The second kappa shape index (κ2) is 7.97. The molecule has 0 amide bonds. The summed E-state index contributed by atoms with van der Waals surface area (Å²) >= 11 is 0. The Labute approximate surface area is 144 Å². The third-order valence-corrected chi connectivity index (χ3v) is 5.02. The van der Waals surface area contributed by atoms with Gasteiger partial charge in [-0.05, 0) is 31.6 Å². The van der Waals surface area contributed by atoms with Crippen molar-refractivity contribution in [3.05, 3.63) is 0 Å². The van der Waals surface area contributed by atoms with Crippen molar-refractivity contribution in [1.29, 1.82) is 0 Å². The molecule has 0 aromatic heterocycles. The molecule has 3 rings (SSSR count). The van der Waals surface area contributed by atoms with Crippen LogP contribution < -0.4 is 5.32 Å². The third-order valence-electron chi connectivity index (χ3n) is 5.02. The summed E-state index contributed by atoms with van der Waals surface area (Å²) in [5, 5.41) is 3.57. The maximum atomic E-state index is 5.60. The smallest absolute Gasteiger partial charge is 0.193 e. The van der Waals surface area contributed by atoms with Crippen molar-refractivity contribution in [2.24, 2.45) is 16.3 Å². The first kappa shape index (κ1) is 17.3.